The molecule has 2 rings (SSSR count). The highest BCUT2D eigenvalue weighted by Gasteiger charge is 2.33. The lowest BCUT2D eigenvalue weighted by Gasteiger charge is -2.41. The van der Waals surface area contributed by atoms with E-state index in [4.69, 9.17) is 10.2 Å². The van der Waals surface area contributed by atoms with Gasteiger partial charge in [0.25, 0.3) is 5.91 Å². The minimum Gasteiger partial charge on any atom is -0.481 e. The lowest BCUT2D eigenvalue weighted by atomic mass is 9.87. The highest BCUT2D eigenvalue weighted by molar-refractivity contribution is 7.99. The monoisotopic (exact) mass is 380 g/mol. The minimum absolute atomic E-state index is 0.00115. The van der Waals surface area contributed by atoms with Crippen LogP contribution in [0.1, 0.15) is 29.6 Å². The van der Waals surface area contributed by atoms with Crippen molar-refractivity contribution in [2.75, 3.05) is 39.5 Å². The molecule has 0 aromatic heterocycles. The zero-order valence-corrected chi connectivity index (χ0v) is 16.2. The van der Waals surface area contributed by atoms with Crippen molar-refractivity contribution in [1.29, 1.82) is 0 Å². The number of amides is 1. The standard InChI is InChI=1S/C19H28N2O4S/c1-20(2)17-9-10-21(13-15(17)5-8-18(23)24)19(25)14-3-6-16(7-4-14)26-12-11-22/h3-4,6-7,15,17,22H,5,8-13H2,1-2H3,(H,23,24)/t15-,17+/m0/s1. The SMILES string of the molecule is CN(C)[C@@H]1CCN(C(=O)c2ccc(SCCO)cc2)C[C@@H]1CCC(=O)O. The van der Waals surface area contributed by atoms with Crippen LogP contribution < -0.4 is 0 Å². The van der Waals surface area contributed by atoms with Gasteiger partial charge in [0.1, 0.15) is 0 Å². The number of aliphatic hydroxyl groups is 1. The third-order valence-corrected chi connectivity index (χ3v) is 5.83. The van der Waals surface area contributed by atoms with E-state index >= 15 is 0 Å². The third kappa shape index (κ3) is 5.72. The molecule has 0 aliphatic carbocycles. The topological polar surface area (TPSA) is 81.1 Å². The fourth-order valence-corrected chi connectivity index (χ4v) is 4.17. The van der Waals surface area contributed by atoms with Crippen LogP contribution in [0.25, 0.3) is 0 Å². The van der Waals surface area contributed by atoms with E-state index in [2.05, 4.69) is 4.90 Å². The molecule has 1 aromatic carbocycles. The summed E-state index contributed by atoms with van der Waals surface area (Å²) in [6.07, 6.45) is 1.57. The van der Waals surface area contributed by atoms with Crippen molar-refractivity contribution in [2.24, 2.45) is 5.92 Å². The molecule has 0 unspecified atom stereocenters. The van der Waals surface area contributed by atoms with Crippen LogP contribution in [0.4, 0.5) is 0 Å². The van der Waals surface area contributed by atoms with Crippen LogP contribution in [0.2, 0.25) is 0 Å². The Hall–Kier alpha value is -1.57. The van der Waals surface area contributed by atoms with E-state index in [1.165, 1.54) is 0 Å². The second kappa shape index (κ2) is 9.94. The van der Waals surface area contributed by atoms with Crippen LogP contribution in [-0.4, -0.2) is 77.5 Å². The Morgan fingerprint density at radius 1 is 1.27 bits per heavy atom. The zero-order valence-electron chi connectivity index (χ0n) is 15.4. The number of likely N-dealkylation sites (tertiary alicyclic amines) is 1. The Morgan fingerprint density at radius 2 is 1.96 bits per heavy atom. The zero-order chi connectivity index (χ0) is 19.1. The summed E-state index contributed by atoms with van der Waals surface area (Å²) in [6, 6.07) is 7.76. The average molecular weight is 381 g/mol. The Labute approximate surface area is 159 Å². The molecule has 1 amide bonds. The second-order valence-corrected chi connectivity index (χ2v) is 8.03. The summed E-state index contributed by atoms with van der Waals surface area (Å²) in [5.41, 5.74) is 0.652. The van der Waals surface area contributed by atoms with Crippen molar-refractivity contribution in [2.45, 2.75) is 30.2 Å². The third-order valence-electron chi connectivity index (χ3n) is 4.83. The largest absolute Gasteiger partial charge is 0.481 e. The minimum atomic E-state index is -0.790. The highest BCUT2D eigenvalue weighted by atomic mass is 32.2. The number of carbonyl (C=O) groups excluding carboxylic acids is 1. The van der Waals surface area contributed by atoms with Crippen LogP contribution in [0.15, 0.2) is 29.2 Å². The quantitative estimate of drug-likeness (QED) is 0.672. The van der Waals surface area contributed by atoms with Gasteiger partial charge in [0, 0.05) is 41.8 Å². The number of aliphatic carboxylic acids is 1. The van der Waals surface area contributed by atoms with Crippen LogP contribution in [0.3, 0.4) is 0 Å². The number of carboxylic acid groups (broad SMARTS) is 1. The van der Waals surface area contributed by atoms with Gasteiger partial charge in [0.2, 0.25) is 0 Å². The average Bonchev–Trinajstić information content (AvgIpc) is 2.64. The molecule has 1 fully saturated rings. The maximum absolute atomic E-state index is 12.8. The smallest absolute Gasteiger partial charge is 0.303 e. The number of thioether (sulfide) groups is 1. The van der Waals surface area contributed by atoms with E-state index in [-0.39, 0.29) is 24.9 Å². The fourth-order valence-electron chi connectivity index (χ4n) is 3.52. The van der Waals surface area contributed by atoms with Crippen molar-refractivity contribution in [3.05, 3.63) is 29.8 Å². The normalized spacial score (nSPS) is 20.4. The van der Waals surface area contributed by atoms with Crippen LogP contribution in [0.5, 0.6) is 0 Å². The molecule has 2 N–H and O–H groups in total. The molecule has 144 valence electrons. The first-order valence-electron chi connectivity index (χ1n) is 8.93. The van der Waals surface area contributed by atoms with Gasteiger partial charge in [-0.2, -0.15) is 0 Å². The van der Waals surface area contributed by atoms with E-state index in [9.17, 15) is 9.59 Å². The Kier molecular flexibility index (Phi) is 7.93. The number of piperidine rings is 1. The van der Waals surface area contributed by atoms with Crippen LogP contribution in [0, 0.1) is 5.92 Å². The first kappa shape index (κ1) is 20.7. The lowest BCUT2D eigenvalue weighted by molar-refractivity contribution is -0.137. The Bertz CT molecular complexity index is 606. The van der Waals surface area contributed by atoms with Crippen LogP contribution in [-0.2, 0) is 4.79 Å². The molecule has 0 bridgehead atoms. The molecule has 0 radical (unpaired) electrons. The van der Waals surface area contributed by atoms with Gasteiger partial charge in [0.15, 0.2) is 0 Å². The Morgan fingerprint density at radius 3 is 2.54 bits per heavy atom. The highest BCUT2D eigenvalue weighted by Crippen LogP contribution is 2.26. The van der Waals surface area contributed by atoms with E-state index in [0.717, 1.165) is 11.3 Å². The molecular formula is C19H28N2O4S. The molecule has 1 aliphatic rings. The van der Waals surface area contributed by atoms with Gasteiger partial charge >= 0.3 is 5.97 Å². The number of rotatable bonds is 8. The molecule has 1 saturated heterocycles. The predicted octanol–water partition coefficient (Wildman–Crippen LogP) is 2.03. The van der Waals surface area contributed by atoms with Gasteiger partial charge in [-0.05, 0) is 57.1 Å². The lowest BCUT2D eigenvalue weighted by Crippen LogP contribution is -2.50. The van der Waals surface area contributed by atoms with Crippen molar-refractivity contribution >= 4 is 23.6 Å². The number of carbonyl (C=O) groups is 2. The molecule has 0 saturated carbocycles. The van der Waals surface area contributed by atoms with E-state index < -0.39 is 5.97 Å². The van der Waals surface area contributed by atoms with Gasteiger partial charge < -0.3 is 20.0 Å². The summed E-state index contributed by atoms with van der Waals surface area (Å²) in [5.74, 6) is 0.0118. The maximum Gasteiger partial charge on any atom is 0.303 e. The van der Waals surface area contributed by atoms with Gasteiger partial charge in [-0.15, -0.1) is 11.8 Å². The van der Waals surface area contributed by atoms with Crippen LogP contribution >= 0.6 is 11.8 Å². The number of aliphatic hydroxyl groups excluding tert-OH is 1. The van der Waals surface area contributed by atoms with E-state index in [0.29, 0.717) is 36.9 Å². The van der Waals surface area contributed by atoms with Crippen molar-refractivity contribution in [3.63, 3.8) is 0 Å². The van der Waals surface area contributed by atoms with E-state index in [1.54, 1.807) is 11.8 Å². The van der Waals surface area contributed by atoms with Gasteiger partial charge in [-0.3, -0.25) is 9.59 Å². The second-order valence-electron chi connectivity index (χ2n) is 6.86. The van der Waals surface area contributed by atoms with Crippen molar-refractivity contribution < 1.29 is 19.8 Å². The molecule has 7 heteroatoms. The number of nitrogens with zero attached hydrogens (tertiary/aromatic N) is 2. The van der Waals surface area contributed by atoms with Gasteiger partial charge in [-0.1, -0.05) is 0 Å². The summed E-state index contributed by atoms with van der Waals surface area (Å²) >= 11 is 1.55. The number of hydrogen-bond acceptors (Lipinski definition) is 5. The van der Waals surface area contributed by atoms with Gasteiger partial charge in [0.05, 0.1) is 6.61 Å². The first-order chi connectivity index (χ1) is 12.4. The molecule has 1 aromatic rings. The molecule has 1 heterocycles. The summed E-state index contributed by atoms with van der Waals surface area (Å²) in [4.78, 5) is 28.8. The molecule has 2 atom stereocenters. The van der Waals surface area contributed by atoms with E-state index in [1.807, 2.05) is 43.3 Å². The molecule has 6 nitrogen and oxygen atoms in total. The van der Waals surface area contributed by atoms with Crippen molar-refractivity contribution in [3.8, 4) is 0 Å². The molecule has 26 heavy (non-hydrogen) atoms. The first-order valence-corrected chi connectivity index (χ1v) is 9.92. The molecule has 1 aliphatic heterocycles. The summed E-state index contributed by atoms with van der Waals surface area (Å²) in [6.45, 7) is 1.41. The number of carboxylic acids is 1. The number of hydrogen-bond donors (Lipinski definition) is 2. The summed E-state index contributed by atoms with van der Waals surface area (Å²) in [5, 5.41) is 17.9. The van der Waals surface area contributed by atoms with Crippen molar-refractivity contribution in [1.82, 2.24) is 9.80 Å². The Balaban J connectivity index is 2.02. The van der Waals surface area contributed by atoms with Gasteiger partial charge in [-0.25, -0.2) is 0 Å². The maximum atomic E-state index is 12.8. The fraction of sp³-hybridized carbons (Fsp3) is 0.579. The number of benzene rings is 1. The molecular weight excluding hydrogens is 352 g/mol. The summed E-state index contributed by atoms with van der Waals surface area (Å²) < 4.78 is 0. The summed E-state index contributed by atoms with van der Waals surface area (Å²) in [7, 11) is 4.03. The molecule has 0 spiro atoms. The predicted molar refractivity (Wildman–Crippen MR) is 103 cm³/mol.